The standard InChI is InChI=1S/C26H38N5O5P/c1-5-8-13-23-30-24-25(21-11-9-10-12-22(21)29-26(24)27)31(23)15-17-35-37(34-16-14-28-4)36-19-20(33-7-3)18-32-6-2/h9-12,20H,5-8,13-19H2,1-3H3,(H2,27,29)/t20-,37?/m1/s1. The van der Waals surface area contributed by atoms with Crippen LogP contribution in [0.2, 0.25) is 0 Å². The van der Waals surface area contributed by atoms with E-state index in [1.807, 2.05) is 38.1 Å². The molecule has 0 saturated heterocycles. The van der Waals surface area contributed by atoms with Crippen molar-refractivity contribution >= 4 is 36.4 Å². The van der Waals surface area contributed by atoms with Crippen molar-refractivity contribution in [3.05, 3.63) is 41.5 Å². The molecule has 0 aliphatic heterocycles. The van der Waals surface area contributed by atoms with Crippen molar-refractivity contribution in [2.75, 3.05) is 51.9 Å². The van der Waals surface area contributed by atoms with Crippen LogP contribution in [0.1, 0.15) is 39.4 Å². The molecule has 2 heterocycles. The van der Waals surface area contributed by atoms with Gasteiger partial charge in [0.15, 0.2) is 5.82 Å². The Balaban J connectivity index is 1.77. The first-order valence-electron chi connectivity index (χ1n) is 12.9. The Bertz CT molecular complexity index is 1150. The number of para-hydroxylation sites is 1. The number of nitrogens with two attached hydrogens (primary N) is 1. The summed E-state index contributed by atoms with van der Waals surface area (Å²) in [6.07, 6.45) is 2.69. The summed E-state index contributed by atoms with van der Waals surface area (Å²) in [6.45, 7) is 16.3. The van der Waals surface area contributed by atoms with Crippen LogP contribution in [-0.2, 0) is 36.0 Å². The van der Waals surface area contributed by atoms with E-state index in [-0.39, 0.29) is 25.9 Å². The summed E-state index contributed by atoms with van der Waals surface area (Å²) in [6, 6.07) is 7.95. The zero-order valence-corrected chi connectivity index (χ0v) is 22.9. The van der Waals surface area contributed by atoms with Gasteiger partial charge in [-0.15, -0.1) is 0 Å². The maximum absolute atomic E-state index is 7.03. The number of hydrogen-bond donors (Lipinski definition) is 1. The van der Waals surface area contributed by atoms with Crippen LogP contribution in [0.25, 0.3) is 26.8 Å². The zero-order chi connectivity index (χ0) is 26.5. The van der Waals surface area contributed by atoms with Crippen LogP contribution in [0, 0.1) is 6.57 Å². The lowest BCUT2D eigenvalue weighted by molar-refractivity contribution is -0.0341. The third kappa shape index (κ3) is 8.30. The molecule has 0 saturated carbocycles. The molecule has 0 aliphatic rings. The monoisotopic (exact) mass is 531 g/mol. The Labute approximate surface area is 220 Å². The second kappa shape index (κ2) is 15.8. The first-order valence-corrected chi connectivity index (χ1v) is 14.0. The number of fused-ring (bicyclic) bond motifs is 3. The molecule has 0 bridgehead atoms. The first-order chi connectivity index (χ1) is 18.1. The van der Waals surface area contributed by atoms with E-state index in [2.05, 4.69) is 21.3 Å². The Morgan fingerprint density at radius 1 is 1.05 bits per heavy atom. The van der Waals surface area contributed by atoms with E-state index in [0.717, 1.165) is 41.5 Å². The molecule has 1 unspecified atom stereocenters. The molecule has 1 aromatic carbocycles. The van der Waals surface area contributed by atoms with E-state index in [4.69, 9.17) is 40.3 Å². The molecule has 2 N–H and O–H groups in total. The van der Waals surface area contributed by atoms with Gasteiger partial charge >= 0.3 is 8.60 Å². The number of rotatable bonds is 18. The number of ether oxygens (including phenoxy) is 2. The number of anilines is 1. The van der Waals surface area contributed by atoms with Gasteiger partial charge in [-0.25, -0.2) is 16.5 Å². The number of nitrogens with zero attached hydrogens (tertiary/aromatic N) is 4. The average Bonchev–Trinajstić information content (AvgIpc) is 3.28. The van der Waals surface area contributed by atoms with E-state index in [0.29, 0.717) is 44.3 Å². The SMILES string of the molecule is [C-]#[N+]CCOP(OCCn1c(CCCC)nc2c(N)nc3ccccc3c21)OC[C@@H](COCC)OCC. The molecular formula is C26H38N5O5P. The summed E-state index contributed by atoms with van der Waals surface area (Å²) in [4.78, 5) is 12.8. The fraction of sp³-hybridized carbons (Fsp3) is 0.577. The number of pyridine rings is 1. The fourth-order valence-corrected chi connectivity index (χ4v) is 4.90. The van der Waals surface area contributed by atoms with Gasteiger partial charge in [-0.05, 0) is 26.3 Å². The van der Waals surface area contributed by atoms with Crippen molar-refractivity contribution in [1.82, 2.24) is 14.5 Å². The summed E-state index contributed by atoms with van der Waals surface area (Å²) < 4.78 is 31.2. The molecule has 37 heavy (non-hydrogen) atoms. The molecule has 0 spiro atoms. The van der Waals surface area contributed by atoms with Gasteiger partial charge in [0.05, 0.1) is 30.9 Å². The molecule has 10 nitrogen and oxygen atoms in total. The number of hydrogen-bond acceptors (Lipinski definition) is 8. The second-order valence-corrected chi connectivity index (χ2v) is 9.52. The molecule has 0 amide bonds. The van der Waals surface area contributed by atoms with Crippen LogP contribution in [-0.4, -0.2) is 66.8 Å². The van der Waals surface area contributed by atoms with Gasteiger partial charge in [-0.3, -0.25) is 0 Å². The van der Waals surface area contributed by atoms with Crippen molar-refractivity contribution in [2.24, 2.45) is 0 Å². The quantitative estimate of drug-likeness (QED) is 0.137. The molecule has 0 aliphatic carbocycles. The van der Waals surface area contributed by atoms with E-state index in [1.54, 1.807) is 0 Å². The molecule has 2 aromatic heterocycles. The van der Waals surface area contributed by atoms with Gasteiger partial charge < -0.3 is 38.2 Å². The van der Waals surface area contributed by atoms with Gasteiger partial charge in [0.1, 0.15) is 24.1 Å². The minimum atomic E-state index is -1.67. The largest absolute Gasteiger partial charge is 0.382 e. The molecule has 11 heteroatoms. The van der Waals surface area contributed by atoms with Crippen molar-refractivity contribution in [3.63, 3.8) is 0 Å². The highest BCUT2D eigenvalue weighted by atomic mass is 31.2. The van der Waals surface area contributed by atoms with Gasteiger partial charge in [-0.2, -0.15) is 0 Å². The Morgan fingerprint density at radius 2 is 1.86 bits per heavy atom. The summed E-state index contributed by atoms with van der Waals surface area (Å²) in [5, 5.41) is 1.00. The lowest BCUT2D eigenvalue weighted by Gasteiger charge is -2.21. The Hall–Kier alpha value is -2.38. The van der Waals surface area contributed by atoms with Crippen molar-refractivity contribution in [2.45, 2.75) is 52.7 Å². The van der Waals surface area contributed by atoms with Gasteiger partial charge in [-0.1, -0.05) is 31.5 Å². The van der Waals surface area contributed by atoms with Crippen molar-refractivity contribution in [1.29, 1.82) is 0 Å². The average molecular weight is 532 g/mol. The predicted octanol–water partition coefficient (Wildman–Crippen LogP) is 5.15. The highest BCUT2D eigenvalue weighted by Gasteiger charge is 2.20. The van der Waals surface area contributed by atoms with Gasteiger partial charge in [0.25, 0.3) is 0 Å². The third-order valence-electron chi connectivity index (χ3n) is 5.63. The third-order valence-corrected chi connectivity index (χ3v) is 6.78. The van der Waals surface area contributed by atoms with Crippen molar-refractivity contribution in [3.8, 4) is 0 Å². The molecule has 3 aromatic rings. The maximum Gasteiger partial charge on any atom is 0.333 e. The highest BCUT2D eigenvalue weighted by molar-refractivity contribution is 7.41. The second-order valence-electron chi connectivity index (χ2n) is 8.30. The number of aromatic nitrogens is 3. The molecule has 202 valence electrons. The summed E-state index contributed by atoms with van der Waals surface area (Å²) in [5.74, 6) is 1.38. The van der Waals surface area contributed by atoms with Crippen LogP contribution < -0.4 is 5.73 Å². The lowest BCUT2D eigenvalue weighted by atomic mass is 10.2. The minimum absolute atomic E-state index is 0.219. The minimum Gasteiger partial charge on any atom is -0.382 e. The zero-order valence-electron chi connectivity index (χ0n) is 22.0. The van der Waals surface area contributed by atoms with Crippen LogP contribution in [0.5, 0.6) is 0 Å². The summed E-state index contributed by atoms with van der Waals surface area (Å²) in [5.41, 5.74) is 8.82. The number of benzene rings is 1. The molecular weight excluding hydrogens is 493 g/mol. The summed E-state index contributed by atoms with van der Waals surface area (Å²) in [7, 11) is -1.67. The van der Waals surface area contributed by atoms with E-state index in [9.17, 15) is 0 Å². The number of nitrogen functional groups attached to an aromatic ring is 1. The molecule has 0 radical (unpaired) electrons. The predicted molar refractivity (Wildman–Crippen MR) is 146 cm³/mol. The van der Waals surface area contributed by atoms with Crippen LogP contribution in [0.15, 0.2) is 24.3 Å². The van der Waals surface area contributed by atoms with E-state index in [1.165, 1.54) is 0 Å². The molecule has 2 atom stereocenters. The topological polar surface area (TPSA) is 107 Å². The normalized spacial score (nSPS) is 13.2. The van der Waals surface area contributed by atoms with E-state index >= 15 is 0 Å². The number of unbranched alkanes of at least 4 members (excludes halogenated alkanes) is 1. The Kier molecular flexibility index (Phi) is 12.4. The Morgan fingerprint density at radius 3 is 2.62 bits per heavy atom. The number of aryl methyl sites for hydroxylation is 1. The fourth-order valence-electron chi connectivity index (χ4n) is 3.92. The van der Waals surface area contributed by atoms with Crippen LogP contribution in [0.3, 0.4) is 0 Å². The van der Waals surface area contributed by atoms with Gasteiger partial charge in [0.2, 0.25) is 6.54 Å². The van der Waals surface area contributed by atoms with E-state index < -0.39 is 8.60 Å². The van der Waals surface area contributed by atoms with Crippen LogP contribution >= 0.6 is 8.60 Å². The summed E-state index contributed by atoms with van der Waals surface area (Å²) >= 11 is 0. The van der Waals surface area contributed by atoms with Crippen molar-refractivity contribution < 1.29 is 23.0 Å². The van der Waals surface area contributed by atoms with Gasteiger partial charge in [0, 0.05) is 31.6 Å². The molecule has 3 rings (SSSR count). The maximum atomic E-state index is 7.03. The smallest absolute Gasteiger partial charge is 0.333 e. The highest BCUT2D eigenvalue weighted by Crippen LogP contribution is 2.40. The molecule has 0 fully saturated rings. The number of imidazole rings is 1. The first kappa shape index (κ1) is 29.2. The van der Waals surface area contributed by atoms with Crippen LogP contribution in [0.4, 0.5) is 5.82 Å². The lowest BCUT2D eigenvalue weighted by Crippen LogP contribution is -2.25.